The molecule has 0 unspecified atom stereocenters. The van der Waals surface area contributed by atoms with Crippen LogP contribution in [0.15, 0.2) is 48.8 Å². The standard InChI is InChI=1S/C20H16N4OS/c1-13-5-7-16(8-6-13)18-20(23-14(2)25)26-19(24-18)17(11-21)10-15-4-3-9-22-12-15/h3-10,12H,1-2H3,(H,23,25). The second-order valence-corrected chi connectivity index (χ2v) is 6.70. The van der Waals surface area contributed by atoms with Crippen LogP contribution in [-0.2, 0) is 4.79 Å². The van der Waals surface area contributed by atoms with Crippen LogP contribution < -0.4 is 5.32 Å². The van der Waals surface area contributed by atoms with Crippen molar-refractivity contribution in [3.05, 3.63) is 64.9 Å². The van der Waals surface area contributed by atoms with E-state index in [0.29, 0.717) is 21.3 Å². The van der Waals surface area contributed by atoms with Gasteiger partial charge in [0.25, 0.3) is 0 Å². The van der Waals surface area contributed by atoms with Crippen molar-refractivity contribution in [2.75, 3.05) is 5.32 Å². The molecule has 0 radical (unpaired) electrons. The molecule has 1 N–H and O–H groups in total. The molecule has 6 heteroatoms. The van der Waals surface area contributed by atoms with E-state index in [1.807, 2.05) is 43.3 Å². The predicted molar refractivity (Wildman–Crippen MR) is 104 cm³/mol. The fourth-order valence-electron chi connectivity index (χ4n) is 2.36. The highest BCUT2D eigenvalue weighted by Gasteiger charge is 2.17. The van der Waals surface area contributed by atoms with Crippen molar-refractivity contribution in [2.45, 2.75) is 13.8 Å². The summed E-state index contributed by atoms with van der Waals surface area (Å²) in [4.78, 5) is 20.2. The number of pyridine rings is 1. The number of rotatable bonds is 4. The van der Waals surface area contributed by atoms with Crippen LogP contribution >= 0.6 is 11.3 Å². The molecule has 128 valence electrons. The van der Waals surface area contributed by atoms with Gasteiger partial charge in [0.15, 0.2) is 0 Å². The van der Waals surface area contributed by atoms with E-state index in [9.17, 15) is 10.1 Å². The number of nitrogens with one attached hydrogen (secondary N) is 1. The van der Waals surface area contributed by atoms with Crippen LogP contribution in [0.25, 0.3) is 22.9 Å². The van der Waals surface area contributed by atoms with Gasteiger partial charge < -0.3 is 5.32 Å². The van der Waals surface area contributed by atoms with E-state index in [1.165, 1.54) is 18.3 Å². The lowest BCUT2D eigenvalue weighted by atomic mass is 10.1. The van der Waals surface area contributed by atoms with Gasteiger partial charge in [-0.2, -0.15) is 5.26 Å². The number of allylic oxidation sites excluding steroid dienone is 1. The highest BCUT2D eigenvalue weighted by atomic mass is 32.1. The van der Waals surface area contributed by atoms with E-state index < -0.39 is 0 Å². The van der Waals surface area contributed by atoms with Crippen molar-refractivity contribution < 1.29 is 4.79 Å². The third-order valence-electron chi connectivity index (χ3n) is 3.59. The number of aromatic nitrogens is 2. The first-order chi connectivity index (χ1) is 12.6. The summed E-state index contributed by atoms with van der Waals surface area (Å²) in [5.74, 6) is -0.177. The van der Waals surface area contributed by atoms with Gasteiger partial charge >= 0.3 is 0 Å². The minimum atomic E-state index is -0.177. The monoisotopic (exact) mass is 360 g/mol. The highest BCUT2D eigenvalue weighted by Crippen LogP contribution is 2.36. The Morgan fingerprint density at radius 3 is 2.65 bits per heavy atom. The Balaban J connectivity index is 2.08. The number of anilines is 1. The summed E-state index contributed by atoms with van der Waals surface area (Å²) in [6.07, 6.45) is 5.10. The van der Waals surface area contributed by atoms with E-state index in [0.717, 1.165) is 16.7 Å². The average Bonchev–Trinajstić information content (AvgIpc) is 3.04. The largest absolute Gasteiger partial charge is 0.316 e. The Labute approximate surface area is 155 Å². The SMILES string of the molecule is CC(=O)Nc1sc(C(C#N)=Cc2cccnc2)nc1-c1ccc(C)cc1. The molecular formula is C20H16N4OS. The predicted octanol–water partition coefficient (Wildman–Crippen LogP) is 4.54. The molecule has 2 heterocycles. The van der Waals surface area contributed by atoms with Crippen LogP contribution in [0.2, 0.25) is 0 Å². The van der Waals surface area contributed by atoms with Crippen molar-refractivity contribution in [1.29, 1.82) is 5.26 Å². The van der Waals surface area contributed by atoms with E-state index in [1.54, 1.807) is 18.5 Å². The number of hydrogen-bond acceptors (Lipinski definition) is 5. The Hall–Kier alpha value is -3.30. The summed E-state index contributed by atoms with van der Waals surface area (Å²) >= 11 is 1.28. The average molecular weight is 360 g/mol. The van der Waals surface area contributed by atoms with Gasteiger partial charge in [0.1, 0.15) is 21.8 Å². The normalized spacial score (nSPS) is 11.0. The number of carbonyl (C=O) groups is 1. The first-order valence-corrected chi connectivity index (χ1v) is 8.76. The topological polar surface area (TPSA) is 78.7 Å². The van der Waals surface area contributed by atoms with Crippen molar-refractivity contribution in [3.63, 3.8) is 0 Å². The van der Waals surface area contributed by atoms with Crippen molar-refractivity contribution in [1.82, 2.24) is 9.97 Å². The minimum absolute atomic E-state index is 0.177. The first kappa shape index (κ1) is 17.5. The smallest absolute Gasteiger partial charge is 0.221 e. The Morgan fingerprint density at radius 1 is 1.27 bits per heavy atom. The van der Waals surface area contributed by atoms with Gasteiger partial charge in [0, 0.05) is 24.9 Å². The quantitative estimate of drug-likeness (QED) is 0.693. The van der Waals surface area contributed by atoms with Gasteiger partial charge in [0.05, 0.1) is 5.57 Å². The molecule has 1 amide bonds. The van der Waals surface area contributed by atoms with Gasteiger partial charge in [-0.3, -0.25) is 9.78 Å². The number of amides is 1. The molecule has 0 aliphatic carbocycles. The fraction of sp³-hybridized carbons (Fsp3) is 0.100. The number of benzene rings is 1. The van der Waals surface area contributed by atoms with E-state index in [2.05, 4.69) is 21.4 Å². The fourth-order valence-corrected chi connectivity index (χ4v) is 3.36. The lowest BCUT2D eigenvalue weighted by Gasteiger charge is -2.03. The zero-order chi connectivity index (χ0) is 18.5. The third kappa shape index (κ3) is 4.02. The van der Waals surface area contributed by atoms with Gasteiger partial charge in [0.2, 0.25) is 5.91 Å². The molecule has 0 atom stereocenters. The lowest BCUT2D eigenvalue weighted by Crippen LogP contribution is -2.05. The maximum atomic E-state index is 11.6. The van der Waals surface area contributed by atoms with Crippen LogP contribution in [0.1, 0.15) is 23.1 Å². The Morgan fingerprint density at radius 2 is 2.04 bits per heavy atom. The zero-order valence-electron chi connectivity index (χ0n) is 14.4. The second-order valence-electron chi connectivity index (χ2n) is 5.70. The first-order valence-electron chi connectivity index (χ1n) is 7.94. The van der Waals surface area contributed by atoms with Crippen LogP contribution in [0.3, 0.4) is 0 Å². The molecular weight excluding hydrogens is 344 g/mol. The molecule has 1 aromatic carbocycles. The van der Waals surface area contributed by atoms with Gasteiger partial charge in [-0.15, -0.1) is 0 Å². The molecule has 3 aromatic rings. The zero-order valence-corrected chi connectivity index (χ0v) is 15.2. The maximum Gasteiger partial charge on any atom is 0.221 e. The van der Waals surface area contributed by atoms with Crippen LogP contribution in [-0.4, -0.2) is 15.9 Å². The van der Waals surface area contributed by atoms with E-state index in [-0.39, 0.29) is 5.91 Å². The molecule has 0 saturated carbocycles. The summed E-state index contributed by atoms with van der Waals surface area (Å²) in [6.45, 7) is 3.46. The van der Waals surface area contributed by atoms with E-state index >= 15 is 0 Å². The lowest BCUT2D eigenvalue weighted by molar-refractivity contribution is -0.114. The molecule has 5 nitrogen and oxygen atoms in total. The molecule has 0 saturated heterocycles. The molecule has 0 spiro atoms. The number of aryl methyl sites for hydroxylation is 1. The summed E-state index contributed by atoms with van der Waals surface area (Å²) in [7, 11) is 0. The molecule has 26 heavy (non-hydrogen) atoms. The van der Waals surface area contributed by atoms with Crippen molar-refractivity contribution >= 4 is 33.9 Å². The molecule has 0 aliphatic rings. The number of hydrogen-bond donors (Lipinski definition) is 1. The van der Waals surface area contributed by atoms with Crippen molar-refractivity contribution in [3.8, 4) is 17.3 Å². The maximum absolute atomic E-state index is 11.6. The number of carbonyl (C=O) groups excluding carboxylic acids is 1. The van der Waals surface area contributed by atoms with Gasteiger partial charge in [-0.05, 0) is 24.6 Å². The molecule has 0 bridgehead atoms. The molecule has 3 rings (SSSR count). The summed E-state index contributed by atoms with van der Waals surface area (Å²) in [5.41, 5.74) is 3.93. The number of thiazole rings is 1. The minimum Gasteiger partial charge on any atom is -0.316 e. The Kier molecular flexibility index (Phi) is 5.20. The van der Waals surface area contributed by atoms with Crippen molar-refractivity contribution in [2.24, 2.45) is 0 Å². The second kappa shape index (κ2) is 7.72. The van der Waals surface area contributed by atoms with Gasteiger partial charge in [-0.1, -0.05) is 47.2 Å². The van der Waals surface area contributed by atoms with Crippen LogP contribution in [0.4, 0.5) is 5.00 Å². The summed E-state index contributed by atoms with van der Waals surface area (Å²) in [6, 6.07) is 13.8. The molecule has 0 aliphatic heterocycles. The van der Waals surface area contributed by atoms with Crippen LogP contribution in [0, 0.1) is 18.3 Å². The summed E-state index contributed by atoms with van der Waals surface area (Å²) < 4.78 is 0. The van der Waals surface area contributed by atoms with Gasteiger partial charge in [-0.25, -0.2) is 4.98 Å². The number of nitrogens with zero attached hydrogens (tertiary/aromatic N) is 3. The number of nitriles is 1. The Bertz CT molecular complexity index is 999. The summed E-state index contributed by atoms with van der Waals surface area (Å²) in [5, 5.41) is 13.6. The highest BCUT2D eigenvalue weighted by molar-refractivity contribution is 7.17. The third-order valence-corrected chi connectivity index (χ3v) is 4.59. The molecule has 0 fully saturated rings. The van der Waals surface area contributed by atoms with E-state index in [4.69, 9.17) is 0 Å². The van der Waals surface area contributed by atoms with Crippen LogP contribution in [0.5, 0.6) is 0 Å². The molecule has 2 aromatic heterocycles.